The van der Waals surface area contributed by atoms with E-state index in [1.165, 1.54) is 4.90 Å². The molecule has 5 N–H and O–H groups in total. The molecule has 2 aromatic rings. The molecule has 2 bridgehead atoms. The molecule has 4 rings (SSSR count). The zero-order valence-corrected chi connectivity index (χ0v) is 19.9. The molecule has 1 aromatic carbocycles. The second-order valence-corrected chi connectivity index (χ2v) is 9.02. The van der Waals surface area contributed by atoms with E-state index < -0.39 is 77.9 Å². The Kier molecular flexibility index (Phi) is 8.84. The summed E-state index contributed by atoms with van der Waals surface area (Å²) in [6.45, 7) is -0.0769. The largest absolute Gasteiger partial charge is 0.481 e. The van der Waals surface area contributed by atoms with Crippen molar-refractivity contribution >= 4 is 17.8 Å². The summed E-state index contributed by atoms with van der Waals surface area (Å²) in [4.78, 5) is 33.7. The van der Waals surface area contributed by atoms with Crippen molar-refractivity contribution in [1.82, 2.24) is 19.7 Å². The second kappa shape index (κ2) is 11.6. The average molecular weight is 567 g/mol. The number of nitrogens with zero attached hydrogens (tertiary/aromatic N) is 4. The minimum atomic E-state index is -4.65. The van der Waals surface area contributed by atoms with E-state index in [2.05, 4.69) is 10.2 Å². The standard InChI is InChI=1S/C18H17F6N5O.C4H6O5/c19-11-6-13(21)12(20)4-8(11)3-9(25)5-15(30)29-10-1-2-14(29)16-26-27-17(18(22,23)24)28(16)7-10;5-2(4(8)9)1-3(6)7/h4,6,9-10,14H,1-3,5,7,25H2;2,5H,1H2,(H,6,7)(H,8,9). The number of halogens is 6. The predicted octanol–water partition coefficient (Wildman–Crippen LogP) is 1.63. The van der Waals surface area contributed by atoms with Gasteiger partial charge in [-0.3, -0.25) is 9.59 Å². The summed E-state index contributed by atoms with van der Waals surface area (Å²) < 4.78 is 80.5. The molecule has 0 spiro atoms. The number of alkyl halides is 3. The van der Waals surface area contributed by atoms with E-state index in [1.54, 1.807) is 0 Å². The number of aliphatic carboxylic acids is 2. The molecule has 11 nitrogen and oxygen atoms in total. The Morgan fingerprint density at radius 3 is 2.23 bits per heavy atom. The van der Waals surface area contributed by atoms with Crippen molar-refractivity contribution in [2.24, 2.45) is 5.73 Å². The fraction of sp³-hybridized carbons (Fsp3) is 0.500. The topological polar surface area (TPSA) is 172 Å². The van der Waals surface area contributed by atoms with E-state index in [0.717, 1.165) is 4.57 Å². The van der Waals surface area contributed by atoms with Crippen molar-refractivity contribution in [1.29, 1.82) is 0 Å². The van der Waals surface area contributed by atoms with Gasteiger partial charge in [0.05, 0.1) is 18.5 Å². The molecule has 3 heterocycles. The molecule has 1 fully saturated rings. The number of benzene rings is 1. The van der Waals surface area contributed by atoms with Crippen molar-refractivity contribution in [3.8, 4) is 0 Å². The number of carboxylic acids is 2. The molecule has 1 aromatic heterocycles. The maximum atomic E-state index is 13.8. The van der Waals surface area contributed by atoms with Gasteiger partial charge in [-0.25, -0.2) is 18.0 Å². The molecule has 0 aliphatic carbocycles. The fourth-order valence-electron chi connectivity index (χ4n) is 4.51. The summed E-state index contributed by atoms with van der Waals surface area (Å²) in [6.07, 6.45) is -6.67. The van der Waals surface area contributed by atoms with Gasteiger partial charge in [0.15, 0.2) is 23.6 Å². The molecular formula is C22H23F6N5O6. The lowest BCUT2D eigenvalue weighted by Gasteiger charge is -2.36. The van der Waals surface area contributed by atoms with Crippen LogP contribution in [0.3, 0.4) is 0 Å². The first-order valence-corrected chi connectivity index (χ1v) is 11.4. The molecule has 4 atom stereocenters. The number of aliphatic hydroxyl groups is 1. The van der Waals surface area contributed by atoms with Crippen LogP contribution in [0.4, 0.5) is 26.3 Å². The van der Waals surface area contributed by atoms with Gasteiger partial charge in [-0.1, -0.05) is 0 Å². The third kappa shape index (κ3) is 6.83. The van der Waals surface area contributed by atoms with E-state index >= 15 is 0 Å². The van der Waals surface area contributed by atoms with Crippen LogP contribution in [0, 0.1) is 17.5 Å². The number of rotatable bonds is 7. The fourth-order valence-corrected chi connectivity index (χ4v) is 4.51. The number of carbonyl (C=O) groups excluding carboxylic acids is 1. The molecule has 0 saturated carbocycles. The van der Waals surface area contributed by atoms with Crippen LogP contribution in [0.15, 0.2) is 12.1 Å². The molecule has 1 amide bonds. The second-order valence-electron chi connectivity index (χ2n) is 9.02. The lowest BCUT2D eigenvalue weighted by atomic mass is 10.0. The van der Waals surface area contributed by atoms with E-state index in [0.29, 0.717) is 25.0 Å². The van der Waals surface area contributed by atoms with Gasteiger partial charge >= 0.3 is 18.1 Å². The first kappa shape index (κ1) is 29.8. The Morgan fingerprint density at radius 2 is 1.67 bits per heavy atom. The summed E-state index contributed by atoms with van der Waals surface area (Å²) in [5.74, 6) is -7.80. The third-order valence-corrected chi connectivity index (χ3v) is 6.18. The highest BCUT2D eigenvalue weighted by Crippen LogP contribution is 2.43. The van der Waals surface area contributed by atoms with Crippen LogP contribution in [-0.2, 0) is 33.5 Å². The summed E-state index contributed by atoms with van der Waals surface area (Å²) in [7, 11) is 0. The number of amides is 1. The Hall–Kier alpha value is -3.73. The van der Waals surface area contributed by atoms with Crippen molar-refractivity contribution in [2.45, 2.75) is 69.1 Å². The van der Waals surface area contributed by atoms with Gasteiger partial charge in [0.1, 0.15) is 5.82 Å². The molecule has 1 saturated heterocycles. The molecule has 2 aliphatic heterocycles. The maximum Gasteiger partial charge on any atom is 0.451 e. The number of nitrogens with two attached hydrogens (primary N) is 1. The highest BCUT2D eigenvalue weighted by atomic mass is 19.4. The quantitative estimate of drug-likeness (QED) is 0.287. The highest BCUT2D eigenvalue weighted by molar-refractivity contribution is 5.79. The predicted molar refractivity (Wildman–Crippen MR) is 116 cm³/mol. The number of carboxylic acid groups (broad SMARTS) is 2. The zero-order chi connectivity index (χ0) is 29.2. The number of hydrogen-bond donors (Lipinski definition) is 4. The van der Waals surface area contributed by atoms with Gasteiger partial charge in [0.25, 0.3) is 0 Å². The third-order valence-electron chi connectivity index (χ3n) is 6.18. The van der Waals surface area contributed by atoms with Crippen LogP contribution in [0.25, 0.3) is 0 Å². The molecule has 39 heavy (non-hydrogen) atoms. The summed E-state index contributed by atoms with van der Waals surface area (Å²) >= 11 is 0. The van der Waals surface area contributed by atoms with Gasteiger partial charge in [-0.15, -0.1) is 10.2 Å². The number of fused-ring (bicyclic) bond motifs is 4. The first-order valence-electron chi connectivity index (χ1n) is 11.4. The van der Waals surface area contributed by atoms with Crippen molar-refractivity contribution in [3.63, 3.8) is 0 Å². The number of aromatic nitrogens is 3. The normalized spacial score (nSPS) is 19.5. The molecule has 0 radical (unpaired) electrons. The van der Waals surface area contributed by atoms with Crippen LogP contribution in [-0.4, -0.2) is 71.0 Å². The number of aliphatic hydroxyl groups excluding tert-OH is 1. The summed E-state index contributed by atoms with van der Waals surface area (Å²) in [6, 6.07) is -0.885. The number of carbonyl (C=O) groups is 3. The van der Waals surface area contributed by atoms with Crippen LogP contribution in [0.2, 0.25) is 0 Å². The monoisotopic (exact) mass is 567 g/mol. The Bertz CT molecular complexity index is 1250. The Morgan fingerprint density at radius 1 is 1.03 bits per heavy atom. The highest BCUT2D eigenvalue weighted by Gasteiger charge is 2.48. The minimum absolute atomic E-state index is 0.0737. The van der Waals surface area contributed by atoms with E-state index in [4.69, 9.17) is 21.1 Å². The van der Waals surface area contributed by atoms with Crippen LogP contribution in [0.1, 0.15) is 48.9 Å². The Labute approximate surface area is 215 Å². The first-order chi connectivity index (χ1) is 18.1. The summed E-state index contributed by atoms with van der Waals surface area (Å²) in [5, 5.41) is 31.0. The lowest BCUT2D eigenvalue weighted by Crippen LogP contribution is -2.46. The van der Waals surface area contributed by atoms with Crippen LogP contribution in [0.5, 0.6) is 0 Å². The van der Waals surface area contributed by atoms with Crippen molar-refractivity contribution in [3.05, 3.63) is 46.8 Å². The molecular weight excluding hydrogens is 544 g/mol. The lowest BCUT2D eigenvalue weighted by molar-refractivity contribution is -0.153. The van der Waals surface area contributed by atoms with Crippen molar-refractivity contribution < 1.29 is 56.0 Å². The Balaban J connectivity index is 0.000000403. The van der Waals surface area contributed by atoms with Gasteiger partial charge in [-0.2, -0.15) is 13.2 Å². The molecule has 4 unspecified atom stereocenters. The van der Waals surface area contributed by atoms with E-state index in [-0.39, 0.29) is 30.8 Å². The van der Waals surface area contributed by atoms with Crippen molar-refractivity contribution in [2.75, 3.05) is 0 Å². The van der Waals surface area contributed by atoms with Crippen LogP contribution >= 0.6 is 0 Å². The van der Waals surface area contributed by atoms with E-state index in [9.17, 15) is 40.7 Å². The summed E-state index contributed by atoms with van der Waals surface area (Å²) in [5.41, 5.74) is 5.76. The van der Waals surface area contributed by atoms with Gasteiger partial charge in [-0.05, 0) is 30.9 Å². The maximum absolute atomic E-state index is 13.8. The van der Waals surface area contributed by atoms with Crippen LogP contribution < -0.4 is 5.73 Å². The van der Waals surface area contributed by atoms with E-state index in [1.807, 2.05) is 0 Å². The minimum Gasteiger partial charge on any atom is -0.481 e. The van der Waals surface area contributed by atoms with Gasteiger partial charge < -0.3 is 30.5 Å². The van der Waals surface area contributed by atoms with Gasteiger partial charge in [0, 0.05) is 25.1 Å². The smallest absolute Gasteiger partial charge is 0.451 e. The molecule has 17 heteroatoms. The number of hydrogen-bond acceptors (Lipinski definition) is 7. The SMILES string of the molecule is NC(CC(=O)N1C2CCC1c1nnc(C(F)(F)F)n1C2)Cc1cc(F)c(F)cc1F.O=C(O)CC(O)C(=O)O. The zero-order valence-electron chi connectivity index (χ0n) is 19.9. The van der Waals surface area contributed by atoms with Gasteiger partial charge in [0.2, 0.25) is 11.7 Å². The average Bonchev–Trinajstić information content (AvgIpc) is 3.38. The molecule has 214 valence electrons. The molecule has 2 aliphatic rings.